The second-order valence-corrected chi connectivity index (χ2v) is 7.40. The van der Waals surface area contributed by atoms with Crippen LogP contribution in [-0.4, -0.2) is 60.6 Å². The summed E-state index contributed by atoms with van der Waals surface area (Å²) in [4.78, 5) is 11.1. The van der Waals surface area contributed by atoms with Crippen LogP contribution in [0.4, 0.5) is 0 Å². The maximum absolute atomic E-state index is 11.1. The Morgan fingerprint density at radius 3 is 2.69 bits per heavy atom. The summed E-state index contributed by atoms with van der Waals surface area (Å²) >= 11 is 0. The molecule has 16 heavy (non-hydrogen) atoms. The zero-order valence-corrected chi connectivity index (χ0v) is 10.7. The van der Waals surface area contributed by atoms with Crippen molar-refractivity contribution in [3.05, 3.63) is 0 Å². The average Bonchev–Trinajstić information content (AvgIpc) is 2.30. The molecule has 0 spiro atoms. The topological polar surface area (TPSA) is 85.3 Å². The molecule has 1 heterocycles. The van der Waals surface area contributed by atoms with Crippen LogP contribution in [0.1, 0.15) is 0 Å². The van der Waals surface area contributed by atoms with E-state index in [0.717, 1.165) is 20.2 Å². The van der Waals surface area contributed by atoms with Gasteiger partial charge < -0.3 is 14.2 Å². The van der Waals surface area contributed by atoms with Gasteiger partial charge >= 0.3 is 6.80 Å². The summed E-state index contributed by atoms with van der Waals surface area (Å²) in [6.07, 6.45) is 0. The van der Waals surface area contributed by atoms with Crippen molar-refractivity contribution in [1.82, 2.24) is 4.90 Å². The fourth-order valence-corrected chi connectivity index (χ4v) is 2.65. The van der Waals surface area contributed by atoms with Gasteiger partial charge in [-0.1, -0.05) is 0 Å². The van der Waals surface area contributed by atoms with E-state index >= 15 is 0 Å². The highest BCUT2D eigenvalue weighted by molar-refractivity contribution is 8.43. The lowest BCUT2D eigenvalue weighted by Crippen LogP contribution is -2.38. The van der Waals surface area contributed by atoms with Crippen LogP contribution in [-0.2, 0) is 28.7 Å². The second-order valence-electron chi connectivity index (χ2n) is 3.14. The first-order chi connectivity index (χ1) is 7.56. The van der Waals surface area contributed by atoms with E-state index in [9.17, 15) is 8.77 Å². The molecule has 0 aliphatic carbocycles. The summed E-state index contributed by atoms with van der Waals surface area (Å²) in [6.45, 7) is -0.537. The maximum Gasteiger partial charge on any atom is 0.442 e. The van der Waals surface area contributed by atoms with Crippen LogP contribution >= 0.6 is 6.80 Å². The first kappa shape index (κ1) is 14.2. The largest absolute Gasteiger partial charge is 0.442 e. The Morgan fingerprint density at radius 1 is 1.50 bits per heavy atom. The zero-order valence-electron chi connectivity index (χ0n) is 9.03. The van der Waals surface area contributed by atoms with Crippen LogP contribution in [0.25, 0.3) is 0 Å². The third kappa shape index (κ3) is 4.58. The standard InChI is InChI=1S/C7H16NO6PS/c1-12-15(9,10)16(11)14-7-4-8-2-5-13-6-3-8/h2-7H2,1H3,(H,9,10). The highest BCUT2D eigenvalue weighted by atomic mass is 32.8. The minimum atomic E-state index is -4.13. The molecular formula is C7H16NO6PS. The molecule has 1 aliphatic heterocycles. The number of rotatable bonds is 6. The maximum atomic E-state index is 11.1. The highest BCUT2D eigenvalue weighted by Crippen LogP contribution is 2.45. The molecule has 96 valence electrons. The molecule has 0 aromatic carbocycles. The molecule has 0 radical (unpaired) electrons. The van der Waals surface area contributed by atoms with E-state index in [1.54, 1.807) is 0 Å². The quantitative estimate of drug-likeness (QED) is 0.668. The van der Waals surface area contributed by atoms with Crippen LogP contribution in [0.15, 0.2) is 0 Å². The van der Waals surface area contributed by atoms with Gasteiger partial charge in [0.15, 0.2) is 0 Å². The summed E-state index contributed by atoms with van der Waals surface area (Å²) in [7, 11) is -1.29. The van der Waals surface area contributed by atoms with Crippen molar-refractivity contribution >= 4 is 17.5 Å². The summed E-state index contributed by atoms with van der Waals surface area (Å²) < 4.78 is 36.3. The third-order valence-electron chi connectivity index (χ3n) is 2.11. The SMILES string of the molecule is COP(=O)(O)S(=O)OCCN1CCOCC1. The molecule has 1 N–H and O–H groups in total. The first-order valence-electron chi connectivity index (χ1n) is 4.80. The van der Waals surface area contributed by atoms with E-state index in [0.29, 0.717) is 19.8 Å². The first-order valence-corrected chi connectivity index (χ1v) is 8.06. The lowest BCUT2D eigenvalue weighted by Gasteiger charge is -2.26. The van der Waals surface area contributed by atoms with Gasteiger partial charge in [-0.25, -0.2) is 8.77 Å². The van der Waals surface area contributed by atoms with Gasteiger partial charge in [0.25, 0.3) is 10.7 Å². The van der Waals surface area contributed by atoms with Crippen molar-refractivity contribution in [2.45, 2.75) is 0 Å². The van der Waals surface area contributed by atoms with Crippen molar-refractivity contribution in [3.63, 3.8) is 0 Å². The number of morpholine rings is 1. The van der Waals surface area contributed by atoms with Gasteiger partial charge in [0, 0.05) is 26.7 Å². The summed E-state index contributed by atoms with van der Waals surface area (Å²) in [6, 6.07) is 0. The molecule has 2 atom stereocenters. The minimum absolute atomic E-state index is 0.126. The van der Waals surface area contributed by atoms with Crippen LogP contribution in [0.2, 0.25) is 0 Å². The fourth-order valence-electron chi connectivity index (χ4n) is 1.19. The van der Waals surface area contributed by atoms with Crippen molar-refractivity contribution in [2.75, 3.05) is 46.6 Å². The lowest BCUT2D eigenvalue weighted by molar-refractivity contribution is 0.0331. The molecule has 0 aromatic rings. The molecule has 1 aliphatic rings. The molecule has 0 amide bonds. The van der Waals surface area contributed by atoms with Gasteiger partial charge in [-0.15, -0.1) is 0 Å². The Balaban J connectivity index is 2.19. The van der Waals surface area contributed by atoms with Crippen molar-refractivity contribution in [3.8, 4) is 0 Å². The summed E-state index contributed by atoms with van der Waals surface area (Å²) in [5, 5.41) is 0. The molecule has 0 bridgehead atoms. The Hall–Kier alpha value is 0.180. The molecule has 1 fully saturated rings. The smallest absolute Gasteiger partial charge is 0.379 e. The van der Waals surface area contributed by atoms with Crippen LogP contribution in [0.5, 0.6) is 0 Å². The predicted octanol–water partition coefficient (Wildman–Crippen LogP) is -0.254. The number of hydrogen-bond acceptors (Lipinski definition) is 6. The van der Waals surface area contributed by atoms with E-state index in [1.165, 1.54) is 0 Å². The molecule has 7 nitrogen and oxygen atoms in total. The lowest BCUT2D eigenvalue weighted by atomic mass is 10.4. The molecule has 0 aromatic heterocycles. The van der Waals surface area contributed by atoms with Crippen LogP contribution in [0.3, 0.4) is 0 Å². The van der Waals surface area contributed by atoms with Crippen molar-refractivity contribution in [2.24, 2.45) is 0 Å². The van der Waals surface area contributed by atoms with E-state index in [1.807, 2.05) is 0 Å². The molecule has 0 saturated carbocycles. The zero-order chi connectivity index (χ0) is 12.0. The van der Waals surface area contributed by atoms with Crippen molar-refractivity contribution < 1.29 is 27.1 Å². The van der Waals surface area contributed by atoms with Gasteiger partial charge in [-0.05, 0) is 0 Å². The van der Waals surface area contributed by atoms with E-state index in [2.05, 4.69) is 9.42 Å². The number of hydrogen-bond donors (Lipinski definition) is 1. The Morgan fingerprint density at radius 2 is 2.12 bits per heavy atom. The molecule has 2 unspecified atom stereocenters. The van der Waals surface area contributed by atoms with Crippen molar-refractivity contribution in [1.29, 1.82) is 0 Å². The summed E-state index contributed by atoms with van der Waals surface area (Å²) in [5.41, 5.74) is 0. The van der Waals surface area contributed by atoms with Gasteiger partial charge in [-0.2, -0.15) is 0 Å². The van der Waals surface area contributed by atoms with Crippen LogP contribution < -0.4 is 0 Å². The van der Waals surface area contributed by atoms with Gasteiger partial charge in [0.05, 0.1) is 19.8 Å². The second kappa shape index (κ2) is 6.80. The third-order valence-corrected chi connectivity index (χ3v) is 5.21. The van der Waals surface area contributed by atoms with Crippen LogP contribution in [0, 0.1) is 0 Å². The van der Waals surface area contributed by atoms with Gasteiger partial charge in [0.1, 0.15) is 0 Å². The van der Waals surface area contributed by atoms with Gasteiger partial charge in [-0.3, -0.25) is 9.08 Å². The monoisotopic (exact) mass is 273 g/mol. The normalized spacial score (nSPS) is 23.9. The minimum Gasteiger partial charge on any atom is -0.379 e. The highest BCUT2D eigenvalue weighted by Gasteiger charge is 2.28. The predicted molar refractivity (Wildman–Crippen MR) is 58.2 cm³/mol. The average molecular weight is 273 g/mol. The Bertz CT molecular complexity index is 282. The molecule has 1 saturated heterocycles. The van der Waals surface area contributed by atoms with E-state index in [4.69, 9.17) is 13.8 Å². The molecule has 1 rings (SSSR count). The Kier molecular flexibility index (Phi) is 6.06. The summed E-state index contributed by atoms with van der Waals surface area (Å²) in [5.74, 6) is 0. The number of ether oxygens (including phenoxy) is 1. The molecule has 9 heteroatoms. The van der Waals surface area contributed by atoms with E-state index < -0.39 is 17.5 Å². The Labute approximate surface area is 96.6 Å². The van der Waals surface area contributed by atoms with E-state index in [-0.39, 0.29) is 6.61 Å². The molecular weight excluding hydrogens is 257 g/mol. The van der Waals surface area contributed by atoms with Gasteiger partial charge in [0.2, 0.25) is 0 Å². The fraction of sp³-hybridized carbons (Fsp3) is 1.00. The number of nitrogens with zero attached hydrogens (tertiary/aromatic N) is 1.